The van der Waals surface area contributed by atoms with Crippen molar-refractivity contribution in [1.29, 1.82) is 0 Å². The molecule has 1 saturated carbocycles. The van der Waals surface area contributed by atoms with Crippen molar-refractivity contribution in [3.05, 3.63) is 24.3 Å². The van der Waals surface area contributed by atoms with E-state index >= 15 is 0 Å². The maximum absolute atomic E-state index is 5.78. The van der Waals surface area contributed by atoms with Crippen molar-refractivity contribution < 1.29 is 4.74 Å². The molecule has 0 saturated heterocycles. The van der Waals surface area contributed by atoms with Crippen molar-refractivity contribution >= 4 is 22.7 Å². The predicted molar refractivity (Wildman–Crippen MR) is 80.6 cm³/mol. The van der Waals surface area contributed by atoms with Gasteiger partial charge in [-0.15, -0.1) is 0 Å². The number of hydrogen-bond donors (Lipinski definition) is 2. The number of nitrogens with two attached hydrogens (primary N) is 1. The SMILES string of the molecule is COCCC1(CNc2nc(N)nc3ccccc23)CC1. The van der Waals surface area contributed by atoms with Crippen molar-refractivity contribution in [3.63, 3.8) is 0 Å². The van der Waals surface area contributed by atoms with E-state index in [2.05, 4.69) is 15.3 Å². The molecule has 5 nitrogen and oxygen atoms in total. The Kier molecular flexibility index (Phi) is 3.44. The molecule has 1 aromatic heterocycles. The lowest BCUT2D eigenvalue weighted by Crippen LogP contribution is -2.18. The normalized spacial score (nSPS) is 16.2. The molecule has 106 valence electrons. The average molecular weight is 272 g/mol. The predicted octanol–water partition coefficient (Wildman–Crippen LogP) is 2.44. The van der Waals surface area contributed by atoms with Gasteiger partial charge in [-0.1, -0.05) is 12.1 Å². The lowest BCUT2D eigenvalue weighted by Gasteiger charge is -2.17. The van der Waals surface area contributed by atoms with Gasteiger partial charge in [0.2, 0.25) is 5.95 Å². The number of para-hydroxylation sites is 1. The number of benzene rings is 1. The zero-order valence-corrected chi connectivity index (χ0v) is 11.7. The Hall–Kier alpha value is -1.88. The fraction of sp³-hybridized carbons (Fsp3) is 0.467. The summed E-state index contributed by atoms with van der Waals surface area (Å²) in [4.78, 5) is 8.59. The van der Waals surface area contributed by atoms with E-state index in [1.165, 1.54) is 12.8 Å². The quantitative estimate of drug-likeness (QED) is 0.845. The fourth-order valence-electron chi connectivity index (χ4n) is 2.51. The van der Waals surface area contributed by atoms with E-state index in [0.29, 0.717) is 11.4 Å². The molecule has 5 heteroatoms. The lowest BCUT2D eigenvalue weighted by molar-refractivity contribution is 0.175. The first kappa shape index (κ1) is 13.1. The van der Waals surface area contributed by atoms with Gasteiger partial charge in [0, 0.05) is 25.6 Å². The smallest absolute Gasteiger partial charge is 0.222 e. The Morgan fingerprint density at radius 3 is 2.85 bits per heavy atom. The molecular formula is C15H20N4O. The standard InChI is InChI=1S/C15H20N4O/c1-20-9-8-15(6-7-15)10-17-13-11-4-2-3-5-12(11)18-14(16)19-13/h2-5H,6-10H2,1H3,(H3,16,17,18,19). The summed E-state index contributed by atoms with van der Waals surface area (Å²) in [5.41, 5.74) is 7.03. The fourth-order valence-corrected chi connectivity index (χ4v) is 2.51. The molecule has 1 heterocycles. The van der Waals surface area contributed by atoms with Crippen LogP contribution >= 0.6 is 0 Å². The number of rotatable bonds is 6. The molecule has 0 atom stereocenters. The highest BCUT2D eigenvalue weighted by molar-refractivity contribution is 5.89. The lowest BCUT2D eigenvalue weighted by atomic mass is 10.0. The van der Waals surface area contributed by atoms with Crippen LogP contribution in [0.5, 0.6) is 0 Å². The van der Waals surface area contributed by atoms with Crippen LogP contribution in [-0.4, -0.2) is 30.2 Å². The van der Waals surface area contributed by atoms with Crippen LogP contribution in [0.2, 0.25) is 0 Å². The van der Waals surface area contributed by atoms with Gasteiger partial charge >= 0.3 is 0 Å². The second-order valence-corrected chi connectivity index (χ2v) is 5.54. The highest BCUT2D eigenvalue weighted by atomic mass is 16.5. The Bertz CT molecular complexity index is 610. The number of ether oxygens (including phenoxy) is 1. The Balaban J connectivity index is 1.77. The number of aromatic nitrogens is 2. The molecular weight excluding hydrogens is 252 g/mol. The summed E-state index contributed by atoms with van der Waals surface area (Å²) < 4.78 is 5.19. The van der Waals surface area contributed by atoms with Crippen LogP contribution in [0.25, 0.3) is 10.9 Å². The zero-order chi connectivity index (χ0) is 14.0. The second-order valence-electron chi connectivity index (χ2n) is 5.54. The van der Waals surface area contributed by atoms with Crippen molar-refractivity contribution in [2.75, 3.05) is 31.3 Å². The van der Waals surface area contributed by atoms with Gasteiger partial charge in [-0.3, -0.25) is 0 Å². The summed E-state index contributed by atoms with van der Waals surface area (Å²) in [5, 5.41) is 4.47. The van der Waals surface area contributed by atoms with Crippen molar-refractivity contribution in [2.24, 2.45) is 5.41 Å². The number of fused-ring (bicyclic) bond motifs is 1. The molecule has 2 aromatic rings. The van der Waals surface area contributed by atoms with Crippen molar-refractivity contribution in [2.45, 2.75) is 19.3 Å². The Morgan fingerprint density at radius 1 is 1.30 bits per heavy atom. The van der Waals surface area contributed by atoms with E-state index in [4.69, 9.17) is 10.5 Å². The molecule has 1 fully saturated rings. The number of nitrogens with zero attached hydrogens (tertiary/aromatic N) is 2. The highest BCUT2D eigenvalue weighted by Gasteiger charge is 2.41. The number of nitrogens with one attached hydrogen (secondary N) is 1. The summed E-state index contributed by atoms with van der Waals surface area (Å²) >= 11 is 0. The summed E-state index contributed by atoms with van der Waals surface area (Å²) in [7, 11) is 1.75. The van der Waals surface area contributed by atoms with E-state index in [9.17, 15) is 0 Å². The van der Waals surface area contributed by atoms with Gasteiger partial charge < -0.3 is 15.8 Å². The molecule has 0 amide bonds. The molecule has 1 aliphatic rings. The molecule has 3 N–H and O–H groups in total. The van der Waals surface area contributed by atoms with Crippen molar-refractivity contribution in [1.82, 2.24) is 9.97 Å². The summed E-state index contributed by atoms with van der Waals surface area (Å²) in [5.74, 6) is 1.14. The minimum absolute atomic E-state index is 0.313. The topological polar surface area (TPSA) is 73.1 Å². The summed E-state index contributed by atoms with van der Waals surface area (Å²) in [6, 6.07) is 7.92. The number of hydrogen-bond acceptors (Lipinski definition) is 5. The van der Waals surface area contributed by atoms with Crippen LogP contribution in [0.4, 0.5) is 11.8 Å². The third-order valence-electron chi connectivity index (χ3n) is 4.04. The molecule has 0 radical (unpaired) electrons. The van der Waals surface area contributed by atoms with Gasteiger partial charge in [-0.2, -0.15) is 4.98 Å². The molecule has 1 aliphatic carbocycles. The summed E-state index contributed by atoms with van der Waals surface area (Å²) in [6.45, 7) is 1.73. The minimum Gasteiger partial charge on any atom is -0.385 e. The largest absolute Gasteiger partial charge is 0.385 e. The number of methoxy groups -OCH3 is 1. The van der Waals surface area contributed by atoms with Crippen LogP contribution in [0.15, 0.2) is 24.3 Å². The van der Waals surface area contributed by atoms with Crippen LogP contribution in [0.1, 0.15) is 19.3 Å². The van der Waals surface area contributed by atoms with E-state index in [1.54, 1.807) is 7.11 Å². The van der Waals surface area contributed by atoms with Crippen LogP contribution < -0.4 is 11.1 Å². The van der Waals surface area contributed by atoms with Gasteiger partial charge in [0.1, 0.15) is 5.82 Å². The molecule has 0 unspecified atom stereocenters. The maximum Gasteiger partial charge on any atom is 0.222 e. The first-order chi connectivity index (χ1) is 9.72. The van der Waals surface area contributed by atoms with E-state index < -0.39 is 0 Å². The highest BCUT2D eigenvalue weighted by Crippen LogP contribution is 2.48. The van der Waals surface area contributed by atoms with Gasteiger partial charge in [0.05, 0.1) is 5.52 Å². The van der Waals surface area contributed by atoms with Gasteiger partial charge in [-0.05, 0) is 36.8 Å². The van der Waals surface area contributed by atoms with Crippen LogP contribution in [0.3, 0.4) is 0 Å². The molecule has 3 rings (SSSR count). The Morgan fingerprint density at radius 2 is 2.10 bits per heavy atom. The van der Waals surface area contributed by atoms with Crippen LogP contribution in [0, 0.1) is 5.41 Å². The van der Waals surface area contributed by atoms with E-state index in [1.807, 2.05) is 24.3 Å². The minimum atomic E-state index is 0.313. The molecule has 20 heavy (non-hydrogen) atoms. The Labute approximate surface area is 118 Å². The van der Waals surface area contributed by atoms with Gasteiger partial charge in [0.15, 0.2) is 0 Å². The maximum atomic E-state index is 5.78. The molecule has 0 spiro atoms. The third kappa shape index (κ3) is 2.67. The monoisotopic (exact) mass is 272 g/mol. The van der Waals surface area contributed by atoms with Gasteiger partial charge in [-0.25, -0.2) is 4.98 Å². The average Bonchev–Trinajstić information content (AvgIpc) is 3.23. The van der Waals surface area contributed by atoms with Crippen LogP contribution in [-0.2, 0) is 4.74 Å². The van der Waals surface area contributed by atoms with E-state index in [0.717, 1.165) is 36.3 Å². The first-order valence-corrected chi connectivity index (χ1v) is 6.98. The second kappa shape index (κ2) is 5.25. The van der Waals surface area contributed by atoms with Gasteiger partial charge in [0.25, 0.3) is 0 Å². The van der Waals surface area contributed by atoms with E-state index in [-0.39, 0.29) is 0 Å². The number of nitrogen functional groups attached to an aromatic ring is 1. The number of anilines is 2. The van der Waals surface area contributed by atoms with Crippen molar-refractivity contribution in [3.8, 4) is 0 Å². The third-order valence-corrected chi connectivity index (χ3v) is 4.04. The summed E-state index contributed by atoms with van der Waals surface area (Å²) in [6.07, 6.45) is 3.60. The molecule has 0 aliphatic heterocycles. The first-order valence-electron chi connectivity index (χ1n) is 6.98. The molecule has 0 bridgehead atoms. The molecule has 1 aromatic carbocycles. The zero-order valence-electron chi connectivity index (χ0n) is 11.7.